The second-order valence-electron chi connectivity index (χ2n) is 6.11. The van der Waals surface area contributed by atoms with Crippen molar-refractivity contribution in [3.63, 3.8) is 0 Å². The van der Waals surface area contributed by atoms with Gasteiger partial charge in [0.25, 0.3) is 0 Å². The summed E-state index contributed by atoms with van der Waals surface area (Å²) in [6, 6.07) is 0. The first kappa shape index (κ1) is 15.1. The fourth-order valence-corrected chi connectivity index (χ4v) is 7.45. The van der Waals surface area contributed by atoms with Gasteiger partial charge in [-0.3, -0.25) is 0 Å². The highest BCUT2D eigenvalue weighted by Gasteiger charge is 2.29. The minimum absolute atomic E-state index is 0.369. The Bertz CT molecular complexity index is 195. The number of hydrogen-bond donors (Lipinski definition) is 1. The molecule has 1 aliphatic heterocycles. The van der Waals surface area contributed by atoms with Crippen LogP contribution < -0.4 is 5.32 Å². The average Bonchev–Trinajstić information content (AvgIpc) is 1.96. The van der Waals surface area contributed by atoms with Gasteiger partial charge in [0.05, 0.1) is 9.16 Å². The summed E-state index contributed by atoms with van der Waals surface area (Å²) < 4.78 is 2.14. The summed E-state index contributed by atoms with van der Waals surface area (Å²) in [6.45, 7) is 16.1. The number of nitrogens with one attached hydrogen (secondary N) is 1. The van der Waals surface area contributed by atoms with Crippen LogP contribution in [-0.4, -0.2) is 31.7 Å². The Morgan fingerprint density at radius 3 is 1.56 bits per heavy atom. The number of thioether (sulfide) groups is 3. The largest absolute Gasteiger partial charge is 0.313 e. The van der Waals surface area contributed by atoms with E-state index in [1.54, 1.807) is 0 Å². The predicted octanol–water partition coefficient (Wildman–Crippen LogP) is 4.04. The van der Waals surface area contributed by atoms with Crippen molar-refractivity contribution in [3.05, 3.63) is 0 Å². The molecule has 0 aromatic carbocycles. The van der Waals surface area contributed by atoms with Gasteiger partial charge in [-0.15, -0.1) is 35.3 Å². The smallest absolute Gasteiger partial charge is 0.0643 e. The third-order valence-electron chi connectivity index (χ3n) is 1.90. The molecule has 0 saturated carbocycles. The summed E-state index contributed by atoms with van der Waals surface area (Å²) in [4.78, 5) is 0. The van der Waals surface area contributed by atoms with Gasteiger partial charge in [0.15, 0.2) is 0 Å². The van der Waals surface area contributed by atoms with Gasteiger partial charge < -0.3 is 5.32 Å². The van der Waals surface area contributed by atoms with Crippen LogP contribution >= 0.6 is 35.3 Å². The van der Waals surface area contributed by atoms with E-state index in [2.05, 4.69) is 82.1 Å². The molecule has 0 bridgehead atoms. The Kier molecular flexibility index (Phi) is 5.43. The lowest BCUT2D eigenvalue weighted by Gasteiger charge is -2.35. The van der Waals surface area contributed by atoms with Gasteiger partial charge >= 0.3 is 0 Å². The predicted molar refractivity (Wildman–Crippen MR) is 82.7 cm³/mol. The number of rotatable bonds is 2. The lowest BCUT2D eigenvalue weighted by Crippen LogP contribution is -2.38. The molecule has 4 heteroatoms. The maximum atomic E-state index is 3.57. The molecule has 1 rings (SSSR count). The van der Waals surface area contributed by atoms with Crippen molar-refractivity contribution < 1.29 is 0 Å². The molecule has 1 saturated heterocycles. The summed E-state index contributed by atoms with van der Waals surface area (Å²) in [5.74, 6) is 0. The molecule has 2 atom stereocenters. The zero-order valence-electron chi connectivity index (χ0n) is 11.3. The second-order valence-corrected chi connectivity index (χ2v) is 12.2. The van der Waals surface area contributed by atoms with Gasteiger partial charge in [0, 0.05) is 22.6 Å². The van der Waals surface area contributed by atoms with Crippen LogP contribution in [0.5, 0.6) is 0 Å². The molecule has 0 aliphatic carbocycles. The van der Waals surface area contributed by atoms with E-state index in [4.69, 9.17) is 0 Å². The zero-order chi connectivity index (χ0) is 12.4. The molecule has 1 heterocycles. The van der Waals surface area contributed by atoms with Crippen LogP contribution in [0.4, 0.5) is 0 Å². The standard InChI is InChI=1S/C12H25NS3/c1-11(2,3)15-9-7-13-8-10(14-9)16-12(4,5)6/h9-10,13H,7-8H2,1-6H3/t9-,10-/m1/s1. The Hall–Kier alpha value is 1.01. The van der Waals surface area contributed by atoms with E-state index in [0.29, 0.717) is 18.7 Å². The van der Waals surface area contributed by atoms with E-state index in [0.717, 1.165) is 13.1 Å². The highest BCUT2D eigenvalue weighted by Crippen LogP contribution is 2.43. The lowest BCUT2D eigenvalue weighted by molar-refractivity contribution is 0.711. The van der Waals surface area contributed by atoms with Crippen molar-refractivity contribution >= 4 is 35.3 Å². The molecule has 0 radical (unpaired) electrons. The van der Waals surface area contributed by atoms with Gasteiger partial charge in [0.2, 0.25) is 0 Å². The fraction of sp³-hybridized carbons (Fsp3) is 1.00. The molecule has 96 valence electrons. The highest BCUT2D eigenvalue weighted by atomic mass is 32.2. The summed E-state index contributed by atoms with van der Waals surface area (Å²) >= 11 is 6.34. The molecular weight excluding hydrogens is 254 g/mol. The van der Waals surface area contributed by atoms with Crippen molar-refractivity contribution in [2.24, 2.45) is 0 Å². The van der Waals surface area contributed by atoms with Gasteiger partial charge in [-0.1, -0.05) is 41.5 Å². The Morgan fingerprint density at radius 1 is 0.875 bits per heavy atom. The first-order valence-electron chi connectivity index (χ1n) is 5.87. The van der Waals surface area contributed by atoms with E-state index in [1.807, 2.05) is 0 Å². The molecule has 0 amide bonds. The fourth-order valence-electron chi connectivity index (χ4n) is 1.51. The molecule has 0 unspecified atom stereocenters. The van der Waals surface area contributed by atoms with Gasteiger partial charge in [-0.25, -0.2) is 0 Å². The molecule has 1 aliphatic rings. The van der Waals surface area contributed by atoms with E-state index in [-0.39, 0.29) is 0 Å². The molecular formula is C12H25NS3. The van der Waals surface area contributed by atoms with E-state index in [9.17, 15) is 0 Å². The number of hydrogen-bond acceptors (Lipinski definition) is 4. The third kappa shape index (κ3) is 6.67. The summed E-state index contributed by atoms with van der Waals surface area (Å²) in [5, 5.41) is 3.57. The Labute approximate surface area is 114 Å². The van der Waals surface area contributed by atoms with Crippen molar-refractivity contribution in [1.29, 1.82) is 0 Å². The van der Waals surface area contributed by atoms with E-state index >= 15 is 0 Å². The third-order valence-corrected chi connectivity index (χ3v) is 6.35. The quantitative estimate of drug-likeness (QED) is 0.818. The lowest BCUT2D eigenvalue weighted by atomic mass is 10.3. The zero-order valence-corrected chi connectivity index (χ0v) is 13.7. The maximum Gasteiger partial charge on any atom is 0.0643 e. The van der Waals surface area contributed by atoms with Crippen LogP contribution in [0, 0.1) is 0 Å². The van der Waals surface area contributed by atoms with Crippen molar-refractivity contribution in [2.45, 2.75) is 60.2 Å². The van der Waals surface area contributed by atoms with Gasteiger partial charge in [-0.2, -0.15) is 0 Å². The molecule has 1 fully saturated rings. The summed E-state index contributed by atoms with van der Waals surface area (Å²) in [5.41, 5.74) is 0. The van der Waals surface area contributed by atoms with E-state index < -0.39 is 0 Å². The first-order chi connectivity index (χ1) is 7.16. The summed E-state index contributed by atoms with van der Waals surface area (Å²) in [7, 11) is 0. The van der Waals surface area contributed by atoms with Crippen LogP contribution in [0.3, 0.4) is 0 Å². The molecule has 0 aromatic rings. The van der Waals surface area contributed by atoms with Crippen molar-refractivity contribution in [2.75, 3.05) is 13.1 Å². The SMILES string of the molecule is CC(C)(C)S[C@@H]1CNC[C@@H](SC(C)(C)C)S1. The van der Waals surface area contributed by atoms with Crippen LogP contribution in [0.15, 0.2) is 0 Å². The van der Waals surface area contributed by atoms with Crippen molar-refractivity contribution in [3.8, 4) is 0 Å². The molecule has 1 N–H and O–H groups in total. The summed E-state index contributed by atoms with van der Waals surface area (Å²) in [6.07, 6.45) is 0. The Morgan fingerprint density at radius 2 is 1.25 bits per heavy atom. The topological polar surface area (TPSA) is 12.0 Å². The van der Waals surface area contributed by atoms with Crippen LogP contribution in [0.25, 0.3) is 0 Å². The van der Waals surface area contributed by atoms with Crippen LogP contribution in [0.1, 0.15) is 41.5 Å². The molecule has 16 heavy (non-hydrogen) atoms. The van der Waals surface area contributed by atoms with Crippen LogP contribution in [0.2, 0.25) is 0 Å². The maximum absolute atomic E-state index is 3.57. The molecule has 0 spiro atoms. The van der Waals surface area contributed by atoms with Crippen molar-refractivity contribution in [1.82, 2.24) is 5.32 Å². The van der Waals surface area contributed by atoms with Gasteiger partial charge in [-0.05, 0) is 0 Å². The molecule has 0 aromatic heterocycles. The minimum Gasteiger partial charge on any atom is -0.313 e. The second kappa shape index (κ2) is 5.77. The van der Waals surface area contributed by atoms with E-state index in [1.165, 1.54) is 0 Å². The van der Waals surface area contributed by atoms with Crippen LogP contribution in [-0.2, 0) is 0 Å². The average molecular weight is 280 g/mol. The Balaban J connectivity index is 2.41. The van der Waals surface area contributed by atoms with Gasteiger partial charge in [0.1, 0.15) is 0 Å². The monoisotopic (exact) mass is 279 g/mol. The minimum atomic E-state index is 0.369. The highest BCUT2D eigenvalue weighted by molar-refractivity contribution is 8.24. The normalized spacial score (nSPS) is 28.1. The first-order valence-corrected chi connectivity index (χ1v) is 8.58. The molecule has 1 nitrogen and oxygen atoms in total.